The molecule has 22 heavy (non-hydrogen) atoms. The lowest BCUT2D eigenvalue weighted by atomic mass is 10.1. The summed E-state index contributed by atoms with van der Waals surface area (Å²) in [6, 6.07) is 11.8. The van der Waals surface area contributed by atoms with Crippen LogP contribution in [0.5, 0.6) is 0 Å². The van der Waals surface area contributed by atoms with E-state index in [2.05, 4.69) is 21.2 Å². The van der Waals surface area contributed by atoms with Crippen LogP contribution in [-0.2, 0) is 0 Å². The highest BCUT2D eigenvalue weighted by atomic mass is 79.9. The van der Waals surface area contributed by atoms with Gasteiger partial charge in [0.15, 0.2) is 0 Å². The van der Waals surface area contributed by atoms with Crippen molar-refractivity contribution in [3.8, 4) is 0 Å². The van der Waals surface area contributed by atoms with Crippen LogP contribution in [0.15, 0.2) is 46.9 Å². The summed E-state index contributed by atoms with van der Waals surface area (Å²) in [4.78, 5) is 22.7. The van der Waals surface area contributed by atoms with Gasteiger partial charge in [0, 0.05) is 21.7 Å². The fraction of sp³-hybridized carbons (Fsp3) is 0.188. The molecule has 0 radical (unpaired) electrons. The summed E-state index contributed by atoms with van der Waals surface area (Å²) in [5, 5.41) is 13.8. The van der Waals surface area contributed by atoms with Crippen molar-refractivity contribution in [2.45, 2.75) is 19.9 Å². The minimum Gasteiger partial charge on any atom is -0.345 e. The van der Waals surface area contributed by atoms with Gasteiger partial charge < -0.3 is 5.32 Å². The van der Waals surface area contributed by atoms with Crippen LogP contribution in [0, 0.1) is 17.0 Å². The summed E-state index contributed by atoms with van der Waals surface area (Å²) >= 11 is 3.44. The Kier molecular flexibility index (Phi) is 4.92. The maximum Gasteiger partial charge on any atom is 0.273 e. The lowest BCUT2D eigenvalue weighted by Gasteiger charge is -2.16. The molecule has 0 saturated heterocycles. The third-order valence-corrected chi connectivity index (χ3v) is 4.11. The van der Waals surface area contributed by atoms with Gasteiger partial charge in [-0.15, -0.1) is 0 Å². The molecule has 5 nitrogen and oxygen atoms in total. The first-order valence-corrected chi connectivity index (χ1v) is 7.49. The van der Waals surface area contributed by atoms with Gasteiger partial charge in [0.2, 0.25) is 0 Å². The maximum atomic E-state index is 12.3. The number of nitro groups is 1. The summed E-state index contributed by atoms with van der Waals surface area (Å²) in [5.74, 6) is -0.341. The Morgan fingerprint density at radius 3 is 2.59 bits per heavy atom. The fourth-order valence-corrected chi connectivity index (χ4v) is 2.76. The second-order valence-corrected chi connectivity index (χ2v) is 5.83. The molecule has 0 aliphatic heterocycles. The van der Waals surface area contributed by atoms with E-state index in [9.17, 15) is 14.9 Å². The first kappa shape index (κ1) is 16.2. The lowest BCUT2D eigenvalue weighted by molar-refractivity contribution is -0.385. The number of carbonyl (C=O) groups is 1. The first-order valence-electron chi connectivity index (χ1n) is 6.70. The predicted molar refractivity (Wildman–Crippen MR) is 87.9 cm³/mol. The highest BCUT2D eigenvalue weighted by Crippen LogP contribution is 2.24. The molecule has 2 rings (SSSR count). The van der Waals surface area contributed by atoms with Crippen LogP contribution >= 0.6 is 15.9 Å². The number of nitrogens with one attached hydrogen (secondary N) is 1. The van der Waals surface area contributed by atoms with Gasteiger partial charge in [0.25, 0.3) is 11.6 Å². The Morgan fingerprint density at radius 2 is 1.95 bits per heavy atom. The number of benzene rings is 2. The van der Waals surface area contributed by atoms with E-state index >= 15 is 0 Å². The van der Waals surface area contributed by atoms with Crippen LogP contribution in [0.4, 0.5) is 5.69 Å². The number of aryl methyl sites for hydroxylation is 1. The van der Waals surface area contributed by atoms with Crippen molar-refractivity contribution in [1.82, 2.24) is 5.32 Å². The van der Waals surface area contributed by atoms with Gasteiger partial charge in [-0.3, -0.25) is 14.9 Å². The van der Waals surface area contributed by atoms with Gasteiger partial charge in [-0.25, -0.2) is 0 Å². The average Bonchev–Trinajstić information content (AvgIpc) is 2.47. The van der Waals surface area contributed by atoms with E-state index in [1.807, 2.05) is 31.2 Å². The number of hydrogen-bond acceptors (Lipinski definition) is 3. The van der Waals surface area contributed by atoms with Gasteiger partial charge in [-0.2, -0.15) is 0 Å². The quantitative estimate of drug-likeness (QED) is 0.655. The van der Waals surface area contributed by atoms with Gasteiger partial charge in [-0.1, -0.05) is 40.2 Å². The standard InChI is InChI=1S/C16H15BrN2O3/c1-10-7-8-12(9-15(10)19(21)22)16(20)18-11(2)13-5-3-4-6-14(13)17/h3-9,11H,1-2H3,(H,18,20). The molecular formula is C16H15BrN2O3. The van der Waals surface area contributed by atoms with Crippen molar-refractivity contribution in [3.05, 3.63) is 73.7 Å². The normalized spacial score (nSPS) is 11.8. The fourth-order valence-electron chi connectivity index (χ4n) is 2.13. The molecule has 2 aromatic carbocycles. The van der Waals surface area contributed by atoms with E-state index in [0.717, 1.165) is 10.0 Å². The second kappa shape index (κ2) is 6.70. The zero-order valence-electron chi connectivity index (χ0n) is 12.2. The summed E-state index contributed by atoms with van der Waals surface area (Å²) in [6.07, 6.45) is 0. The van der Waals surface area contributed by atoms with Crippen LogP contribution in [0.25, 0.3) is 0 Å². The monoisotopic (exact) mass is 362 g/mol. The van der Waals surface area contributed by atoms with E-state index in [1.54, 1.807) is 19.1 Å². The molecule has 1 atom stereocenters. The van der Waals surface area contributed by atoms with Gasteiger partial charge in [0.05, 0.1) is 11.0 Å². The van der Waals surface area contributed by atoms with Crippen molar-refractivity contribution in [2.75, 3.05) is 0 Å². The second-order valence-electron chi connectivity index (χ2n) is 4.98. The van der Waals surface area contributed by atoms with Gasteiger partial charge >= 0.3 is 0 Å². The molecule has 0 heterocycles. The summed E-state index contributed by atoms with van der Waals surface area (Å²) in [7, 11) is 0. The topological polar surface area (TPSA) is 72.2 Å². The Bertz CT molecular complexity index is 731. The molecule has 0 saturated carbocycles. The minimum atomic E-state index is -0.483. The smallest absolute Gasteiger partial charge is 0.273 e. The van der Waals surface area contributed by atoms with Crippen LogP contribution in [0.3, 0.4) is 0 Å². The molecule has 2 aromatic rings. The first-order chi connectivity index (χ1) is 10.4. The molecule has 0 bridgehead atoms. The Balaban J connectivity index is 2.21. The van der Waals surface area contributed by atoms with Crippen molar-refractivity contribution < 1.29 is 9.72 Å². The van der Waals surface area contributed by atoms with Crippen LogP contribution < -0.4 is 5.32 Å². The third-order valence-electron chi connectivity index (χ3n) is 3.39. The molecule has 0 spiro atoms. The van der Waals surface area contributed by atoms with E-state index in [-0.39, 0.29) is 23.2 Å². The average molecular weight is 363 g/mol. The molecule has 1 amide bonds. The van der Waals surface area contributed by atoms with Crippen molar-refractivity contribution in [1.29, 1.82) is 0 Å². The van der Waals surface area contributed by atoms with Crippen molar-refractivity contribution in [3.63, 3.8) is 0 Å². The minimum absolute atomic E-state index is 0.0544. The van der Waals surface area contributed by atoms with Gasteiger partial charge in [-0.05, 0) is 31.5 Å². The zero-order valence-corrected chi connectivity index (χ0v) is 13.8. The van der Waals surface area contributed by atoms with Crippen molar-refractivity contribution >= 4 is 27.5 Å². The number of carbonyl (C=O) groups excluding carboxylic acids is 1. The number of halogens is 1. The number of amides is 1. The van der Waals surface area contributed by atoms with E-state index in [1.165, 1.54) is 6.07 Å². The molecule has 1 unspecified atom stereocenters. The predicted octanol–water partition coefficient (Wildman–Crippen LogP) is 4.16. The summed E-state index contributed by atoms with van der Waals surface area (Å²) in [6.45, 7) is 3.50. The van der Waals surface area contributed by atoms with Gasteiger partial charge in [0.1, 0.15) is 0 Å². The van der Waals surface area contributed by atoms with E-state index < -0.39 is 4.92 Å². The molecule has 0 aliphatic rings. The van der Waals surface area contributed by atoms with E-state index in [4.69, 9.17) is 0 Å². The largest absolute Gasteiger partial charge is 0.345 e. The highest BCUT2D eigenvalue weighted by molar-refractivity contribution is 9.10. The molecule has 114 valence electrons. The highest BCUT2D eigenvalue weighted by Gasteiger charge is 2.17. The Morgan fingerprint density at radius 1 is 1.27 bits per heavy atom. The van der Waals surface area contributed by atoms with Crippen LogP contribution in [0.2, 0.25) is 0 Å². The number of hydrogen-bond donors (Lipinski definition) is 1. The molecule has 0 fully saturated rings. The lowest BCUT2D eigenvalue weighted by Crippen LogP contribution is -2.26. The number of nitro benzene ring substituents is 1. The Labute approximate surface area is 136 Å². The zero-order chi connectivity index (χ0) is 16.3. The number of nitrogens with zero attached hydrogens (tertiary/aromatic N) is 1. The van der Waals surface area contributed by atoms with Crippen LogP contribution in [-0.4, -0.2) is 10.8 Å². The SMILES string of the molecule is Cc1ccc(C(=O)NC(C)c2ccccc2Br)cc1[N+](=O)[O-]. The maximum absolute atomic E-state index is 12.3. The molecule has 1 N–H and O–H groups in total. The Hall–Kier alpha value is -2.21. The van der Waals surface area contributed by atoms with Crippen molar-refractivity contribution in [2.24, 2.45) is 0 Å². The molecule has 0 aliphatic carbocycles. The van der Waals surface area contributed by atoms with E-state index in [0.29, 0.717) is 5.56 Å². The molecule has 0 aromatic heterocycles. The summed E-state index contributed by atoms with van der Waals surface area (Å²) < 4.78 is 0.901. The third kappa shape index (κ3) is 3.51. The molecule has 6 heteroatoms. The number of rotatable bonds is 4. The van der Waals surface area contributed by atoms with Crippen LogP contribution in [0.1, 0.15) is 34.5 Å². The summed E-state index contributed by atoms with van der Waals surface area (Å²) in [5.41, 5.74) is 1.69. The molecular weight excluding hydrogens is 348 g/mol.